The summed E-state index contributed by atoms with van der Waals surface area (Å²) in [6.45, 7) is 2.00. The van der Waals surface area contributed by atoms with Gasteiger partial charge in [-0.05, 0) is 86.1 Å². The molecule has 0 radical (unpaired) electrons. The fourth-order valence-electron chi connectivity index (χ4n) is 4.80. The van der Waals surface area contributed by atoms with E-state index in [0.717, 1.165) is 35.6 Å². The first kappa shape index (κ1) is 23.2. The molecule has 6 heteroatoms. The van der Waals surface area contributed by atoms with E-state index in [-0.39, 0.29) is 11.7 Å². The highest BCUT2D eigenvalue weighted by Gasteiger charge is 2.24. The molecule has 0 bridgehead atoms. The normalized spacial score (nSPS) is 16.1. The minimum atomic E-state index is -0.993. The molecule has 2 saturated carbocycles. The summed E-state index contributed by atoms with van der Waals surface area (Å²) in [5, 5.41) is 13.0. The van der Waals surface area contributed by atoms with Gasteiger partial charge in [-0.25, -0.2) is 9.78 Å². The van der Waals surface area contributed by atoms with Crippen LogP contribution in [-0.2, 0) is 0 Å². The fraction of sp³-hybridized carbons (Fsp3) is 0.379. The lowest BCUT2D eigenvalue weighted by Crippen LogP contribution is -2.12. The number of rotatable bonds is 8. The first-order valence-electron chi connectivity index (χ1n) is 12.6. The van der Waals surface area contributed by atoms with Crippen LogP contribution in [0, 0.1) is 6.92 Å². The van der Waals surface area contributed by atoms with E-state index in [0.29, 0.717) is 17.4 Å². The van der Waals surface area contributed by atoms with E-state index >= 15 is 0 Å². The number of pyridine rings is 1. The lowest BCUT2D eigenvalue weighted by Gasteiger charge is -2.24. The van der Waals surface area contributed by atoms with Gasteiger partial charge in [0.2, 0.25) is 0 Å². The number of anilines is 4. The van der Waals surface area contributed by atoms with Gasteiger partial charge in [-0.2, -0.15) is 0 Å². The Hall–Kier alpha value is -3.54. The topological polar surface area (TPSA) is 74.7 Å². The van der Waals surface area contributed by atoms with Crippen molar-refractivity contribution < 1.29 is 14.6 Å². The molecule has 0 amide bonds. The molecule has 0 spiro atoms. The summed E-state index contributed by atoms with van der Waals surface area (Å²) in [7, 11) is 2.02. The van der Waals surface area contributed by atoms with Crippen molar-refractivity contribution in [1.29, 1.82) is 0 Å². The summed E-state index contributed by atoms with van der Waals surface area (Å²) < 4.78 is 5.76. The second-order valence-electron chi connectivity index (χ2n) is 9.80. The van der Waals surface area contributed by atoms with Gasteiger partial charge in [0.15, 0.2) is 0 Å². The Morgan fingerprint density at radius 2 is 1.74 bits per heavy atom. The molecule has 182 valence electrons. The number of hydrogen-bond acceptors (Lipinski definition) is 5. The van der Waals surface area contributed by atoms with E-state index in [4.69, 9.17) is 4.74 Å². The Morgan fingerprint density at radius 1 is 1.00 bits per heavy atom. The largest absolute Gasteiger partial charge is 0.490 e. The SMILES string of the molecule is Cc1cc(N(C)c2ccc(C3CCCCC3)cc2)ncc1Nc1ccc(OC2CC2)cc1C(=O)O. The van der Waals surface area contributed by atoms with Crippen LogP contribution in [0.1, 0.15) is 72.3 Å². The van der Waals surface area contributed by atoms with E-state index in [9.17, 15) is 9.90 Å². The molecule has 2 N–H and O–H groups in total. The fourth-order valence-corrected chi connectivity index (χ4v) is 4.80. The van der Waals surface area contributed by atoms with Crippen molar-refractivity contribution in [3.63, 3.8) is 0 Å². The first-order valence-corrected chi connectivity index (χ1v) is 12.6. The number of aryl methyl sites for hydroxylation is 1. The molecule has 0 atom stereocenters. The number of benzene rings is 2. The minimum absolute atomic E-state index is 0.182. The van der Waals surface area contributed by atoms with Gasteiger partial charge in [0, 0.05) is 12.7 Å². The monoisotopic (exact) mass is 471 g/mol. The van der Waals surface area contributed by atoms with E-state index in [1.807, 2.05) is 26.1 Å². The van der Waals surface area contributed by atoms with Crippen molar-refractivity contribution in [2.45, 2.75) is 63.9 Å². The maximum atomic E-state index is 11.9. The van der Waals surface area contributed by atoms with Gasteiger partial charge in [0.1, 0.15) is 11.6 Å². The van der Waals surface area contributed by atoms with Crippen LogP contribution >= 0.6 is 0 Å². The Balaban J connectivity index is 1.30. The molecular formula is C29H33N3O3. The Labute approximate surface area is 207 Å². The van der Waals surface area contributed by atoms with Gasteiger partial charge in [-0.3, -0.25) is 0 Å². The zero-order valence-electron chi connectivity index (χ0n) is 20.5. The van der Waals surface area contributed by atoms with Crippen LogP contribution in [0.3, 0.4) is 0 Å². The summed E-state index contributed by atoms with van der Waals surface area (Å²) in [5.74, 6) is 1.13. The van der Waals surface area contributed by atoms with Crippen LogP contribution in [0.15, 0.2) is 54.7 Å². The standard InChI is InChI=1S/C29H33N3O3/c1-19-16-28(32(2)22-10-8-21(9-11-22)20-6-4-3-5-7-20)30-18-27(19)31-26-15-14-24(35-23-12-13-23)17-25(26)29(33)34/h8-11,14-18,20,23,31H,3-7,12-13H2,1-2H3,(H,33,34). The number of carboxylic acids is 1. The number of nitrogens with zero attached hydrogens (tertiary/aromatic N) is 2. The van der Waals surface area contributed by atoms with Crippen molar-refractivity contribution in [1.82, 2.24) is 4.98 Å². The molecule has 2 aromatic carbocycles. The quantitative estimate of drug-likeness (QED) is 0.362. The average Bonchev–Trinajstić information content (AvgIpc) is 3.70. The van der Waals surface area contributed by atoms with E-state index in [2.05, 4.69) is 39.5 Å². The van der Waals surface area contributed by atoms with Crippen LogP contribution in [0.5, 0.6) is 5.75 Å². The molecule has 2 aliphatic carbocycles. The summed E-state index contributed by atoms with van der Waals surface area (Å²) in [4.78, 5) is 18.6. The third-order valence-corrected chi connectivity index (χ3v) is 7.11. The molecule has 0 aliphatic heterocycles. The highest BCUT2D eigenvalue weighted by Crippen LogP contribution is 2.35. The molecule has 3 aromatic rings. The van der Waals surface area contributed by atoms with Crippen LogP contribution in [0.4, 0.5) is 22.9 Å². The van der Waals surface area contributed by atoms with Crippen molar-refractivity contribution in [2.24, 2.45) is 0 Å². The second kappa shape index (κ2) is 9.98. The molecule has 1 heterocycles. The smallest absolute Gasteiger partial charge is 0.337 e. The molecule has 6 nitrogen and oxygen atoms in total. The number of nitrogens with one attached hydrogen (secondary N) is 1. The van der Waals surface area contributed by atoms with E-state index in [1.165, 1.54) is 37.7 Å². The zero-order chi connectivity index (χ0) is 24.4. The molecule has 1 aromatic heterocycles. The number of hydrogen-bond donors (Lipinski definition) is 2. The van der Waals surface area contributed by atoms with Gasteiger partial charge in [-0.15, -0.1) is 0 Å². The van der Waals surface area contributed by atoms with Crippen molar-refractivity contribution >= 4 is 28.8 Å². The summed E-state index contributed by atoms with van der Waals surface area (Å²) in [6.07, 6.45) is 10.7. The van der Waals surface area contributed by atoms with E-state index < -0.39 is 5.97 Å². The van der Waals surface area contributed by atoms with Gasteiger partial charge in [0.05, 0.1) is 29.2 Å². The lowest BCUT2D eigenvalue weighted by atomic mass is 9.84. The maximum absolute atomic E-state index is 11.9. The summed E-state index contributed by atoms with van der Waals surface area (Å²) in [6, 6.07) is 16.1. The molecule has 0 saturated heterocycles. The molecular weight excluding hydrogens is 438 g/mol. The Morgan fingerprint density at radius 3 is 2.40 bits per heavy atom. The number of carboxylic acid groups (broad SMARTS) is 1. The average molecular weight is 472 g/mol. The lowest BCUT2D eigenvalue weighted by molar-refractivity contribution is 0.0697. The molecule has 0 unspecified atom stereocenters. The number of aromatic carboxylic acids is 1. The first-order chi connectivity index (χ1) is 17.0. The Kier molecular flexibility index (Phi) is 6.62. The van der Waals surface area contributed by atoms with Crippen LogP contribution in [-0.4, -0.2) is 29.2 Å². The summed E-state index contributed by atoms with van der Waals surface area (Å²) >= 11 is 0. The third kappa shape index (κ3) is 5.42. The van der Waals surface area contributed by atoms with Gasteiger partial charge < -0.3 is 20.1 Å². The predicted molar refractivity (Wildman–Crippen MR) is 140 cm³/mol. The van der Waals surface area contributed by atoms with Crippen LogP contribution < -0.4 is 15.0 Å². The highest BCUT2D eigenvalue weighted by molar-refractivity contribution is 5.95. The minimum Gasteiger partial charge on any atom is -0.490 e. The van der Waals surface area contributed by atoms with Crippen molar-refractivity contribution in [2.75, 3.05) is 17.3 Å². The van der Waals surface area contributed by atoms with Gasteiger partial charge >= 0.3 is 5.97 Å². The number of carbonyl (C=O) groups is 1. The predicted octanol–water partition coefficient (Wildman–Crippen LogP) is 7.19. The molecule has 2 fully saturated rings. The molecule has 5 rings (SSSR count). The molecule has 2 aliphatic rings. The third-order valence-electron chi connectivity index (χ3n) is 7.11. The second-order valence-corrected chi connectivity index (χ2v) is 9.80. The maximum Gasteiger partial charge on any atom is 0.337 e. The number of ether oxygens (including phenoxy) is 1. The van der Waals surface area contributed by atoms with Gasteiger partial charge in [0.25, 0.3) is 0 Å². The van der Waals surface area contributed by atoms with Crippen molar-refractivity contribution in [3.05, 3.63) is 71.4 Å². The highest BCUT2D eigenvalue weighted by atomic mass is 16.5. The van der Waals surface area contributed by atoms with Crippen LogP contribution in [0.25, 0.3) is 0 Å². The Bertz CT molecular complexity index is 1200. The van der Waals surface area contributed by atoms with Crippen LogP contribution in [0.2, 0.25) is 0 Å². The molecule has 35 heavy (non-hydrogen) atoms. The zero-order valence-corrected chi connectivity index (χ0v) is 20.5. The van der Waals surface area contributed by atoms with Gasteiger partial charge in [-0.1, -0.05) is 31.4 Å². The van der Waals surface area contributed by atoms with E-state index in [1.54, 1.807) is 18.3 Å². The van der Waals surface area contributed by atoms with Crippen molar-refractivity contribution in [3.8, 4) is 5.75 Å². The summed E-state index contributed by atoms with van der Waals surface area (Å²) in [5.41, 5.74) is 4.99. The number of aromatic nitrogens is 1.